The molecule has 0 saturated heterocycles. The molecule has 0 spiro atoms. The van der Waals surface area contributed by atoms with E-state index in [0.29, 0.717) is 17.0 Å². The molecule has 0 radical (unpaired) electrons. The molecule has 28 heavy (non-hydrogen) atoms. The summed E-state index contributed by atoms with van der Waals surface area (Å²) in [5.41, 5.74) is 0.931. The summed E-state index contributed by atoms with van der Waals surface area (Å²) in [4.78, 5) is 18.8. The Kier molecular flexibility index (Phi) is 4.74. The zero-order chi connectivity index (χ0) is 19.5. The summed E-state index contributed by atoms with van der Waals surface area (Å²) in [5.74, 6) is 1.12. The van der Waals surface area contributed by atoms with Crippen LogP contribution in [0.4, 0.5) is 0 Å². The maximum atomic E-state index is 12.3. The molecule has 4 rings (SSSR count). The number of hydrogen-bond acceptors (Lipinski definition) is 5. The number of aliphatic imine (C=N–C) groups is 1. The second-order valence-electron chi connectivity index (χ2n) is 5.98. The Morgan fingerprint density at radius 1 is 1.07 bits per heavy atom. The van der Waals surface area contributed by atoms with Crippen LogP contribution in [0, 0.1) is 4.77 Å². The zero-order valence-corrected chi connectivity index (χ0v) is 15.4. The second kappa shape index (κ2) is 7.50. The predicted octanol–water partition coefficient (Wildman–Crippen LogP) is 4.37. The fraction of sp³-hybridized carbons (Fsp3) is 0. The van der Waals surface area contributed by atoms with Crippen molar-refractivity contribution in [3.05, 3.63) is 93.1 Å². The Morgan fingerprint density at radius 3 is 2.46 bits per heavy atom. The molecule has 2 heterocycles. The Balaban J connectivity index is 1.72. The van der Waals surface area contributed by atoms with Gasteiger partial charge in [0.05, 0.1) is 5.69 Å². The number of nitrogens with one attached hydrogen (secondary N) is 1. The third kappa shape index (κ3) is 3.56. The molecule has 1 aliphatic rings. The summed E-state index contributed by atoms with van der Waals surface area (Å²) in [7, 11) is 0. The molecule has 1 aromatic heterocycles. The first-order valence-corrected chi connectivity index (χ1v) is 8.86. The van der Waals surface area contributed by atoms with Crippen LogP contribution in [-0.4, -0.2) is 20.9 Å². The van der Waals surface area contributed by atoms with Gasteiger partial charge in [0, 0.05) is 12.4 Å². The molecule has 0 bridgehead atoms. The fourth-order valence-corrected chi connectivity index (χ4v) is 3.03. The average molecular weight is 389 g/mol. The molecule has 3 aromatic rings. The van der Waals surface area contributed by atoms with E-state index in [9.17, 15) is 9.90 Å². The molecule has 2 N–H and O–H groups in total. The lowest BCUT2D eigenvalue weighted by molar-refractivity contribution is 0.431. The first kappa shape index (κ1) is 17.7. The van der Waals surface area contributed by atoms with Gasteiger partial charge >= 0.3 is 0 Å². The number of aromatic nitrogens is 2. The lowest BCUT2D eigenvalue weighted by Crippen LogP contribution is -2.16. The van der Waals surface area contributed by atoms with E-state index in [4.69, 9.17) is 17.0 Å². The van der Waals surface area contributed by atoms with Crippen LogP contribution in [0.5, 0.6) is 17.4 Å². The van der Waals surface area contributed by atoms with Crippen molar-refractivity contribution in [2.45, 2.75) is 0 Å². The summed E-state index contributed by atoms with van der Waals surface area (Å²) >= 11 is 5.24. The topological polar surface area (TPSA) is 79.6 Å². The monoisotopic (exact) mass is 389 g/mol. The minimum atomic E-state index is -0.469. The summed E-state index contributed by atoms with van der Waals surface area (Å²) in [6.07, 6.45) is 6.50. The van der Waals surface area contributed by atoms with E-state index in [1.165, 1.54) is 4.57 Å². The van der Waals surface area contributed by atoms with Gasteiger partial charge in [-0.2, -0.15) is 0 Å². The number of allylic oxidation sites excluding steroid dienone is 2. The smallest absolute Gasteiger partial charge is 0.262 e. The SMILES string of the molecule is O=c1[nH]c(=S)n(-c2ccc(Oc3ccccc3)cc2)c(O)c1C=C1C=CN=C1. The van der Waals surface area contributed by atoms with Gasteiger partial charge in [0.1, 0.15) is 17.1 Å². The molecule has 138 valence electrons. The minimum absolute atomic E-state index is 0.0945. The summed E-state index contributed by atoms with van der Waals surface area (Å²) in [6, 6.07) is 16.4. The lowest BCUT2D eigenvalue weighted by Gasteiger charge is -2.12. The third-order valence-corrected chi connectivity index (χ3v) is 4.37. The first-order valence-electron chi connectivity index (χ1n) is 8.45. The highest BCUT2D eigenvalue weighted by Gasteiger charge is 2.13. The van der Waals surface area contributed by atoms with Crippen LogP contribution in [0.2, 0.25) is 0 Å². The highest BCUT2D eigenvalue weighted by Crippen LogP contribution is 2.26. The molecule has 2 aromatic carbocycles. The van der Waals surface area contributed by atoms with Crippen LogP contribution < -0.4 is 10.3 Å². The number of benzene rings is 2. The first-order chi connectivity index (χ1) is 13.6. The number of para-hydroxylation sites is 1. The number of nitrogens with zero attached hydrogens (tertiary/aromatic N) is 2. The summed E-state index contributed by atoms with van der Waals surface area (Å²) in [6.45, 7) is 0. The molecule has 0 atom stereocenters. The van der Waals surface area contributed by atoms with E-state index in [-0.39, 0.29) is 16.2 Å². The molecule has 0 aliphatic carbocycles. The van der Waals surface area contributed by atoms with Gasteiger partial charge in [-0.1, -0.05) is 18.2 Å². The van der Waals surface area contributed by atoms with Crippen molar-refractivity contribution in [3.63, 3.8) is 0 Å². The Morgan fingerprint density at radius 2 is 1.79 bits per heavy atom. The number of aromatic amines is 1. The van der Waals surface area contributed by atoms with Crippen LogP contribution >= 0.6 is 12.2 Å². The van der Waals surface area contributed by atoms with Gasteiger partial charge < -0.3 is 9.84 Å². The van der Waals surface area contributed by atoms with Crippen molar-refractivity contribution in [2.24, 2.45) is 4.99 Å². The minimum Gasteiger partial charge on any atom is -0.494 e. The van der Waals surface area contributed by atoms with E-state index < -0.39 is 5.56 Å². The molecule has 7 heteroatoms. The van der Waals surface area contributed by atoms with Gasteiger partial charge in [0.15, 0.2) is 4.77 Å². The van der Waals surface area contributed by atoms with Gasteiger partial charge in [0.25, 0.3) is 5.56 Å². The van der Waals surface area contributed by atoms with E-state index in [2.05, 4.69) is 9.98 Å². The zero-order valence-electron chi connectivity index (χ0n) is 14.6. The molecular formula is C21H15N3O3S. The quantitative estimate of drug-likeness (QED) is 0.649. The van der Waals surface area contributed by atoms with Crippen LogP contribution in [0.3, 0.4) is 0 Å². The number of rotatable bonds is 4. The van der Waals surface area contributed by atoms with Crippen molar-refractivity contribution >= 4 is 24.5 Å². The Bertz CT molecular complexity index is 1210. The van der Waals surface area contributed by atoms with Gasteiger partial charge in [0.2, 0.25) is 5.88 Å². The third-order valence-electron chi connectivity index (χ3n) is 4.08. The van der Waals surface area contributed by atoms with Gasteiger partial charge in [-0.3, -0.25) is 19.3 Å². The van der Waals surface area contributed by atoms with Gasteiger partial charge in [-0.25, -0.2) is 0 Å². The second-order valence-corrected chi connectivity index (χ2v) is 6.37. The van der Waals surface area contributed by atoms with Crippen molar-refractivity contribution in [1.82, 2.24) is 9.55 Å². The molecule has 0 fully saturated rings. The van der Waals surface area contributed by atoms with Crippen LogP contribution in [0.15, 0.2) is 82.2 Å². The molecule has 1 aliphatic heterocycles. The van der Waals surface area contributed by atoms with E-state index >= 15 is 0 Å². The van der Waals surface area contributed by atoms with E-state index in [1.807, 2.05) is 30.3 Å². The molecule has 0 unspecified atom stereocenters. The van der Waals surface area contributed by atoms with Crippen LogP contribution in [0.25, 0.3) is 11.8 Å². The normalized spacial score (nSPS) is 13.9. The van der Waals surface area contributed by atoms with Crippen molar-refractivity contribution in [2.75, 3.05) is 0 Å². The summed E-state index contributed by atoms with van der Waals surface area (Å²) in [5, 5.41) is 10.7. The van der Waals surface area contributed by atoms with Crippen molar-refractivity contribution < 1.29 is 9.84 Å². The van der Waals surface area contributed by atoms with Crippen LogP contribution in [0.1, 0.15) is 5.56 Å². The number of ether oxygens (including phenoxy) is 1. The van der Waals surface area contributed by atoms with E-state index in [0.717, 1.165) is 5.75 Å². The van der Waals surface area contributed by atoms with Crippen molar-refractivity contribution in [3.8, 4) is 23.1 Å². The van der Waals surface area contributed by atoms with Gasteiger partial charge in [-0.05, 0) is 66.3 Å². The number of aromatic hydroxyl groups is 1. The Hall–Kier alpha value is -3.71. The number of H-pyrrole nitrogens is 1. The van der Waals surface area contributed by atoms with Gasteiger partial charge in [-0.15, -0.1) is 0 Å². The largest absolute Gasteiger partial charge is 0.494 e. The predicted molar refractivity (Wildman–Crippen MR) is 111 cm³/mol. The maximum absolute atomic E-state index is 12.3. The molecular weight excluding hydrogens is 374 g/mol. The average Bonchev–Trinajstić information content (AvgIpc) is 3.20. The highest BCUT2D eigenvalue weighted by molar-refractivity contribution is 7.71. The Labute approximate surface area is 165 Å². The van der Waals surface area contributed by atoms with Crippen molar-refractivity contribution in [1.29, 1.82) is 0 Å². The van der Waals surface area contributed by atoms with E-state index in [1.54, 1.807) is 48.8 Å². The fourth-order valence-electron chi connectivity index (χ4n) is 2.75. The molecule has 0 saturated carbocycles. The molecule has 6 nitrogen and oxygen atoms in total. The molecule has 0 amide bonds. The highest BCUT2D eigenvalue weighted by atomic mass is 32.1. The standard InChI is InChI=1S/C21H15N3O3S/c25-19-18(12-14-10-11-22-13-14)20(26)24(21(28)23-19)15-6-8-17(9-7-15)27-16-4-2-1-3-5-16/h1-13,26H,(H,23,25,28). The van der Waals surface area contributed by atoms with Crippen LogP contribution in [-0.2, 0) is 0 Å². The number of hydrogen-bond donors (Lipinski definition) is 2. The summed E-state index contributed by atoms with van der Waals surface area (Å²) < 4.78 is 7.26. The maximum Gasteiger partial charge on any atom is 0.262 e. The lowest BCUT2D eigenvalue weighted by atomic mass is 10.2.